The number of hydrogen-bond donors (Lipinski definition) is 0. The summed E-state index contributed by atoms with van der Waals surface area (Å²) in [7, 11) is -2.48. The summed E-state index contributed by atoms with van der Waals surface area (Å²) in [6.45, 7) is 2.73. The van der Waals surface area contributed by atoms with E-state index < -0.39 is 16.4 Å². The van der Waals surface area contributed by atoms with Crippen molar-refractivity contribution in [2.45, 2.75) is 37.9 Å². The number of amides is 1. The van der Waals surface area contributed by atoms with Crippen LogP contribution in [0.2, 0.25) is 0 Å². The zero-order chi connectivity index (χ0) is 24.6. The predicted molar refractivity (Wildman–Crippen MR) is 128 cm³/mol. The molecule has 0 bridgehead atoms. The van der Waals surface area contributed by atoms with Gasteiger partial charge in [0.1, 0.15) is 30.0 Å². The molecule has 0 radical (unpaired) electrons. The Balaban J connectivity index is 1.31. The van der Waals surface area contributed by atoms with Crippen LogP contribution in [0.4, 0.5) is 0 Å². The van der Waals surface area contributed by atoms with Crippen LogP contribution in [0.1, 0.15) is 40.2 Å². The van der Waals surface area contributed by atoms with Crippen LogP contribution in [-0.4, -0.2) is 60.6 Å². The van der Waals surface area contributed by atoms with Gasteiger partial charge in [0.15, 0.2) is 0 Å². The minimum atomic E-state index is -4.07. The van der Waals surface area contributed by atoms with E-state index in [0.717, 1.165) is 39.8 Å². The molecule has 1 aliphatic carbocycles. The highest BCUT2D eigenvalue weighted by Crippen LogP contribution is 2.42. The lowest BCUT2D eigenvalue weighted by Crippen LogP contribution is -2.32. The molecule has 1 saturated heterocycles. The standard InChI is InChI=1S/C25H27N3O6S/c1-17-5-3-8-21(18-9-10-18)24(17)25(29)27-14-22(32-2)23(15-27)33-19-6-4-7-20(13-19)34-35(30,31)28-12-11-26-16-28/h3-8,11-13,16,18,22-23H,9-10,14-15H2,1-2H3. The molecule has 2 aliphatic rings. The monoisotopic (exact) mass is 497 g/mol. The highest BCUT2D eigenvalue weighted by Gasteiger charge is 2.39. The number of likely N-dealkylation sites (tertiary alicyclic amines) is 1. The van der Waals surface area contributed by atoms with Crippen LogP contribution in [0.25, 0.3) is 0 Å². The number of carbonyl (C=O) groups excluding carboxylic acids is 1. The van der Waals surface area contributed by atoms with Gasteiger partial charge in [-0.25, -0.2) is 8.96 Å². The van der Waals surface area contributed by atoms with Gasteiger partial charge in [0.25, 0.3) is 5.91 Å². The number of ether oxygens (including phenoxy) is 2. The number of methoxy groups -OCH3 is 1. The average Bonchev–Trinajstić information content (AvgIpc) is 3.35. The molecule has 0 N–H and O–H groups in total. The lowest BCUT2D eigenvalue weighted by atomic mass is 9.97. The van der Waals surface area contributed by atoms with Crippen LogP contribution in [0.15, 0.2) is 61.2 Å². The minimum Gasteiger partial charge on any atom is -0.486 e. The average molecular weight is 498 g/mol. The summed E-state index contributed by atoms with van der Waals surface area (Å²) >= 11 is 0. The first kappa shape index (κ1) is 23.4. The van der Waals surface area contributed by atoms with E-state index >= 15 is 0 Å². The van der Waals surface area contributed by atoms with E-state index in [9.17, 15) is 13.2 Å². The maximum Gasteiger partial charge on any atom is 0.414 e. The van der Waals surface area contributed by atoms with E-state index in [0.29, 0.717) is 24.8 Å². The van der Waals surface area contributed by atoms with Crippen LogP contribution in [0.5, 0.6) is 11.5 Å². The second-order valence-corrected chi connectivity index (χ2v) is 10.3. The van der Waals surface area contributed by atoms with Crippen molar-refractivity contribution in [2.75, 3.05) is 20.2 Å². The van der Waals surface area contributed by atoms with Crippen LogP contribution in [0, 0.1) is 6.92 Å². The molecule has 2 fully saturated rings. The molecule has 2 unspecified atom stereocenters. The molecule has 2 heterocycles. The maximum atomic E-state index is 13.5. The van der Waals surface area contributed by atoms with Gasteiger partial charge in [-0.15, -0.1) is 0 Å². The van der Waals surface area contributed by atoms with E-state index in [4.69, 9.17) is 13.7 Å². The highest BCUT2D eigenvalue weighted by atomic mass is 32.2. The fourth-order valence-electron chi connectivity index (χ4n) is 4.44. The van der Waals surface area contributed by atoms with Gasteiger partial charge in [-0.2, -0.15) is 8.42 Å². The van der Waals surface area contributed by atoms with Crippen molar-refractivity contribution >= 4 is 16.2 Å². The number of benzene rings is 2. The summed E-state index contributed by atoms with van der Waals surface area (Å²) in [5, 5.41) is 0. The number of carbonyl (C=O) groups is 1. The first-order chi connectivity index (χ1) is 16.9. The second kappa shape index (κ2) is 9.35. The second-order valence-electron chi connectivity index (χ2n) is 8.86. The third-order valence-electron chi connectivity index (χ3n) is 6.37. The number of aryl methyl sites for hydroxylation is 1. The van der Waals surface area contributed by atoms with Gasteiger partial charge >= 0.3 is 10.3 Å². The Morgan fingerprint density at radius 1 is 1.06 bits per heavy atom. The molecule has 35 heavy (non-hydrogen) atoms. The summed E-state index contributed by atoms with van der Waals surface area (Å²) in [4.78, 5) is 19.0. The maximum absolute atomic E-state index is 13.5. The van der Waals surface area contributed by atoms with E-state index in [2.05, 4.69) is 11.1 Å². The fourth-order valence-corrected chi connectivity index (χ4v) is 5.25. The third-order valence-corrected chi connectivity index (χ3v) is 7.51. The number of aromatic nitrogens is 2. The van der Waals surface area contributed by atoms with E-state index in [1.165, 1.54) is 24.5 Å². The molecule has 1 saturated carbocycles. The van der Waals surface area contributed by atoms with E-state index in [-0.39, 0.29) is 17.8 Å². The van der Waals surface area contributed by atoms with Crippen molar-refractivity contribution in [1.82, 2.24) is 13.9 Å². The topological polar surface area (TPSA) is 100.0 Å². The Labute approximate surface area is 204 Å². The smallest absolute Gasteiger partial charge is 0.414 e. The van der Waals surface area contributed by atoms with Crippen LogP contribution in [-0.2, 0) is 15.0 Å². The minimum absolute atomic E-state index is 0.0124. The van der Waals surface area contributed by atoms with Gasteiger partial charge in [0.2, 0.25) is 0 Å². The molecule has 1 aliphatic heterocycles. The van der Waals surface area contributed by atoms with Crippen LogP contribution >= 0.6 is 0 Å². The number of nitrogens with zero attached hydrogens (tertiary/aromatic N) is 3. The molecule has 2 aromatic carbocycles. The fraction of sp³-hybridized carbons (Fsp3) is 0.360. The molecule has 5 rings (SSSR count). The Kier molecular flexibility index (Phi) is 6.24. The first-order valence-electron chi connectivity index (χ1n) is 11.5. The molecule has 9 nitrogen and oxygen atoms in total. The molecule has 1 amide bonds. The summed E-state index contributed by atoms with van der Waals surface area (Å²) < 4.78 is 42.6. The third kappa shape index (κ3) is 4.89. The predicted octanol–water partition coefficient (Wildman–Crippen LogP) is 3.16. The van der Waals surface area contributed by atoms with E-state index in [1.54, 1.807) is 24.1 Å². The Morgan fingerprint density at radius 2 is 1.80 bits per heavy atom. The number of imidazole rings is 1. The van der Waals surface area contributed by atoms with Crippen LogP contribution in [0.3, 0.4) is 0 Å². The van der Waals surface area contributed by atoms with Gasteiger partial charge in [-0.1, -0.05) is 24.3 Å². The Hall–Kier alpha value is -3.37. The number of hydrogen-bond acceptors (Lipinski definition) is 7. The molecular weight excluding hydrogens is 470 g/mol. The van der Waals surface area contributed by atoms with Crippen molar-refractivity contribution in [1.29, 1.82) is 0 Å². The van der Waals surface area contributed by atoms with Crippen molar-refractivity contribution in [3.63, 3.8) is 0 Å². The van der Waals surface area contributed by atoms with Crippen molar-refractivity contribution in [2.24, 2.45) is 0 Å². The quantitative estimate of drug-likeness (QED) is 0.471. The molecule has 0 spiro atoms. The largest absolute Gasteiger partial charge is 0.486 e. The summed E-state index contributed by atoms with van der Waals surface area (Å²) in [5.74, 6) is 0.967. The van der Waals surface area contributed by atoms with Gasteiger partial charge in [0.05, 0.1) is 13.1 Å². The molecule has 3 aromatic rings. The van der Waals surface area contributed by atoms with Gasteiger partial charge in [0, 0.05) is 31.1 Å². The lowest BCUT2D eigenvalue weighted by molar-refractivity contribution is 0.0339. The summed E-state index contributed by atoms with van der Waals surface area (Å²) in [6.07, 6.45) is 5.27. The Morgan fingerprint density at radius 3 is 2.51 bits per heavy atom. The Bertz CT molecular complexity index is 1320. The summed E-state index contributed by atoms with van der Waals surface area (Å²) in [5.41, 5.74) is 2.88. The van der Waals surface area contributed by atoms with Crippen LogP contribution < -0.4 is 8.92 Å². The molecule has 2 atom stereocenters. The molecule has 184 valence electrons. The van der Waals surface area contributed by atoms with Gasteiger partial charge in [-0.3, -0.25) is 4.79 Å². The highest BCUT2D eigenvalue weighted by molar-refractivity contribution is 7.85. The molecule has 10 heteroatoms. The van der Waals surface area contributed by atoms with E-state index in [1.807, 2.05) is 19.1 Å². The normalized spacial score (nSPS) is 20.1. The number of rotatable bonds is 8. The van der Waals surface area contributed by atoms with Crippen molar-refractivity contribution in [3.05, 3.63) is 77.9 Å². The van der Waals surface area contributed by atoms with Gasteiger partial charge < -0.3 is 18.6 Å². The van der Waals surface area contributed by atoms with Crippen molar-refractivity contribution in [3.8, 4) is 11.5 Å². The zero-order valence-electron chi connectivity index (χ0n) is 19.5. The van der Waals surface area contributed by atoms with Crippen molar-refractivity contribution < 1.29 is 26.9 Å². The summed E-state index contributed by atoms with van der Waals surface area (Å²) in [6, 6.07) is 12.4. The first-order valence-corrected chi connectivity index (χ1v) is 12.8. The zero-order valence-corrected chi connectivity index (χ0v) is 20.3. The molecule has 1 aromatic heterocycles. The SMILES string of the molecule is COC1CN(C(=O)c2c(C)cccc2C2CC2)CC1Oc1cccc(OS(=O)(=O)n2ccnc2)c1. The van der Waals surface area contributed by atoms with Gasteiger partial charge in [-0.05, 0) is 48.9 Å². The lowest BCUT2D eigenvalue weighted by Gasteiger charge is -2.20. The molecular formula is C25H27N3O6S.